The van der Waals surface area contributed by atoms with E-state index in [4.69, 9.17) is 0 Å². The Bertz CT molecular complexity index is 798. The highest BCUT2D eigenvalue weighted by Crippen LogP contribution is 2.19. The smallest absolute Gasteiger partial charge is 0.278 e. The lowest BCUT2D eigenvalue weighted by atomic mass is 9.96. The standard InChI is InChI=1S/C24H33N3O2/c1-16(2)14-21(20-12-7-6-8-13-20)26-19(5)24(29)25-15-22(28)27-23-17(3)10-9-11-18(23)4/h6-13,16,19,21,26H,14-15H2,1-5H3,(H,25,29)(H,27,28)/p+1/t19-,21-/m0/s1. The Morgan fingerprint density at radius 2 is 1.55 bits per heavy atom. The number of benzene rings is 2. The molecule has 4 N–H and O–H groups in total. The van der Waals surface area contributed by atoms with Gasteiger partial charge in [-0.05, 0) is 37.8 Å². The normalized spacial score (nSPS) is 13.0. The maximum atomic E-state index is 12.6. The molecule has 156 valence electrons. The van der Waals surface area contributed by atoms with E-state index in [1.807, 2.05) is 57.2 Å². The minimum absolute atomic E-state index is 0.0367. The summed E-state index contributed by atoms with van der Waals surface area (Å²) in [5.41, 5.74) is 4.04. The van der Waals surface area contributed by atoms with Gasteiger partial charge in [0.25, 0.3) is 5.91 Å². The van der Waals surface area contributed by atoms with E-state index in [9.17, 15) is 9.59 Å². The van der Waals surface area contributed by atoms with Crippen LogP contribution < -0.4 is 16.0 Å². The van der Waals surface area contributed by atoms with Crippen LogP contribution in [-0.4, -0.2) is 24.4 Å². The molecule has 5 nitrogen and oxygen atoms in total. The van der Waals surface area contributed by atoms with Gasteiger partial charge < -0.3 is 16.0 Å². The molecule has 2 atom stereocenters. The maximum absolute atomic E-state index is 12.6. The van der Waals surface area contributed by atoms with Gasteiger partial charge in [-0.15, -0.1) is 0 Å². The van der Waals surface area contributed by atoms with Gasteiger partial charge >= 0.3 is 0 Å². The summed E-state index contributed by atoms with van der Waals surface area (Å²) in [6.45, 7) is 10.1. The lowest BCUT2D eigenvalue weighted by molar-refractivity contribution is -0.714. The molecule has 0 radical (unpaired) electrons. The summed E-state index contributed by atoms with van der Waals surface area (Å²) < 4.78 is 0. The van der Waals surface area contributed by atoms with E-state index in [2.05, 4.69) is 41.9 Å². The van der Waals surface area contributed by atoms with Gasteiger partial charge in [0.2, 0.25) is 5.91 Å². The van der Waals surface area contributed by atoms with E-state index in [0.29, 0.717) is 5.92 Å². The molecule has 0 spiro atoms. The van der Waals surface area contributed by atoms with Crippen LogP contribution in [0.1, 0.15) is 49.9 Å². The van der Waals surface area contributed by atoms with Gasteiger partial charge in [0, 0.05) is 17.7 Å². The molecule has 29 heavy (non-hydrogen) atoms. The molecule has 0 aliphatic carbocycles. The fourth-order valence-corrected chi connectivity index (χ4v) is 3.49. The molecule has 2 amide bonds. The molecular formula is C24H34N3O2+. The molecule has 0 saturated carbocycles. The predicted octanol–water partition coefficient (Wildman–Crippen LogP) is 3.10. The van der Waals surface area contributed by atoms with Crippen LogP contribution in [0.15, 0.2) is 48.5 Å². The van der Waals surface area contributed by atoms with Crippen molar-refractivity contribution in [2.45, 2.75) is 53.1 Å². The van der Waals surface area contributed by atoms with Gasteiger partial charge in [0.1, 0.15) is 6.04 Å². The van der Waals surface area contributed by atoms with Crippen molar-refractivity contribution in [1.82, 2.24) is 5.32 Å². The number of nitrogens with two attached hydrogens (primary N) is 1. The summed E-state index contributed by atoms with van der Waals surface area (Å²) in [5, 5.41) is 7.76. The highest BCUT2D eigenvalue weighted by molar-refractivity contribution is 5.96. The minimum Gasteiger partial charge on any atom is -0.342 e. The highest BCUT2D eigenvalue weighted by atomic mass is 16.2. The topological polar surface area (TPSA) is 74.8 Å². The Balaban J connectivity index is 1.91. The van der Waals surface area contributed by atoms with E-state index in [1.54, 1.807) is 0 Å². The average Bonchev–Trinajstić information content (AvgIpc) is 2.68. The predicted molar refractivity (Wildman–Crippen MR) is 118 cm³/mol. The number of amides is 2. The SMILES string of the molecule is Cc1cccc(C)c1NC(=O)CNC(=O)[C@H](C)[NH2+][C@@H](CC(C)C)c1ccccc1. The number of aryl methyl sites for hydroxylation is 2. The molecule has 2 aromatic rings. The molecule has 2 rings (SSSR count). The van der Waals surface area contributed by atoms with E-state index in [0.717, 1.165) is 23.2 Å². The van der Waals surface area contributed by atoms with Crippen molar-refractivity contribution in [3.8, 4) is 0 Å². The van der Waals surface area contributed by atoms with Crippen molar-refractivity contribution in [3.63, 3.8) is 0 Å². The summed E-state index contributed by atoms with van der Waals surface area (Å²) in [5.74, 6) is 0.172. The number of carbonyl (C=O) groups is 2. The van der Waals surface area contributed by atoms with Gasteiger partial charge in [-0.25, -0.2) is 0 Å². The van der Waals surface area contributed by atoms with Gasteiger partial charge in [0.05, 0.1) is 6.54 Å². The molecule has 0 aromatic heterocycles. The zero-order valence-corrected chi connectivity index (χ0v) is 18.2. The molecule has 0 heterocycles. The van der Waals surface area contributed by atoms with Crippen LogP contribution in [0, 0.1) is 19.8 Å². The Morgan fingerprint density at radius 3 is 2.14 bits per heavy atom. The molecule has 0 fully saturated rings. The molecule has 0 bridgehead atoms. The molecule has 0 aliphatic rings. The number of nitrogens with one attached hydrogen (secondary N) is 2. The fraction of sp³-hybridized carbons (Fsp3) is 0.417. The van der Waals surface area contributed by atoms with Crippen molar-refractivity contribution in [2.24, 2.45) is 5.92 Å². The second-order valence-corrected chi connectivity index (χ2v) is 8.16. The highest BCUT2D eigenvalue weighted by Gasteiger charge is 2.24. The minimum atomic E-state index is -0.285. The summed E-state index contributed by atoms with van der Waals surface area (Å²) in [7, 11) is 0. The lowest BCUT2D eigenvalue weighted by Gasteiger charge is -2.21. The lowest BCUT2D eigenvalue weighted by Crippen LogP contribution is -2.92. The summed E-state index contributed by atoms with van der Waals surface area (Å²) >= 11 is 0. The number of quaternary nitrogens is 1. The summed E-state index contributed by atoms with van der Waals surface area (Å²) in [4.78, 5) is 24.9. The number of carbonyl (C=O) groups excluding carboxylic acids is 2. The third-order valence-electron chi connectivity index (χ3n) is 5.06. The largest absolute Gasteiger partial charge is 0.342 e. The van der Waals surface area contributed by atoms with Crippen LogP contribution >= 0.6 is 0 Å². The van der Waals surface area contributed by atoms with Crippen molar-refractivity contribution >= 4 is 17.5 Å². The van der Waals surface area contributed by atoms with Crippen LogP contribution in [0.3, 0.4) is 0 Å². The third-order valence-corrected chi connectivity index (χ3v) is 5.06. The number of anilines is 1. The molecule has 2 aromatic carbocycles. The Labute approximate surface area is 174 Å². The van der Waals surface area contributed by atoms with E-state index in [-0.39, 0.29) is 30.4 Å². The Kier molecular flexibility index (Phi) is 8.40. The Morgan fingerprint density at radius 1 is 0.931 bits per heavy atom. The summed E-state index contributed by atoms with van der Waals surface area (Å²) in [6, 6.07) is 16.1. The second-order valence-electron chi connectivity index (χ2n) is 8.16. The second kappa shape index (κ2) is 10.8. The first-order valence-corrected chi connectivity index (χ1v) is 10.3. The quantitative estimate of drug-likeness (QED) is 0.609. The van der Waals surface area contributed by atoms with Crippen molar-refractivity contribution in [2.75, 3.05) is 11.9 Å². The van der Waals surface area contributed by atoms with Crippen molar-refractivity contribution < 1.29 is 14.9 Å². The molecular weight excluding hydrogens is 362 g/mol. The number of hydrogen-bond donors (Lipinski definition) is 3. The van der Waals surface area contributed by atoms with E-state index < -0.39 is 0 Å². The zero-order chi connectivity index (χ0) is 21.4. The summed E-state index contributed by atoms with van der Waals surface area (Å²) in [6.07, 6.45) is 0.981. The van der Waals surface area contributed by atoms with E-state index in [1.165, 1.54) is 5.56 Å². The number of para-hydroxylation sites is 1. The number of rotatable bonds is 9. The molecule has 5 heteroatoms. The average molecular weight is 397 g/mol. The van der Waals surface area contributed by atoms with Crippen molar-refractivity contribution in [1.29, 1.82) is 0 Å². The fourth-order valence-electron chi connectivity index (χ4n) is 3.49. The van der Waals surface area contributed by atoms with E-state index >= 15 is 0 Å². The first kappa shape index (κ1) is 22.6. The van der Waals surface area contributed by atoms with Crippen LogP contribution in [0.5, 0.6) is 0 Å². The third kappa shape index (κ3) is 7.02. The Hall–Kier alpha value is -2.66. The van der Waals surface area contributed by atoms with Gasteiger partial charge in [-0.2, -0.15) is 0 Å². The molecule has 0 aliphatic heterocycles. The van der Waals surface area contributed by atoms with Crippen LogP contribution in [0.4, 0.5) is 5.69 Å². The molecule has 0 unspecified atom stereocenters. The van der Waals surface area contributed by atoms with Crippen LogP contribution in [-0.2, 0) is 9.59 Å². The van der Waals surface area contributed by atoms with Crippen molar-refractivity contribution in [3.05, 3.63) is 65.2 Å². The monoisotopic (exact) mass is 396 g/mol. The van der Waals surface area contributed by atoms with Crippen LogP contribution in [0.25, 0.3) is 0 Å². The first-order valence-electron chi connectivity index (χ1n) is 10.3. The maximum Gasteiger partial charge on any atom is 0.278 e. The first-order chi connectivity index (χ1) is 13.8. The molecule has 0 saturated heterocycles. The van der Waals surface area contributed by atoms with Crippen LogP contribution in [0.2, 0.25) is 0 Å². The number of hydrogen-bond acceptors (Lipinski definition) is 2. The zero-order valence-electron chi connectivity index (χ0n) is 18.2. The van der Waals surface area contributed by atoms with Gasteiger partial charge in [-0.3, -0.25) is 9.59 Å². The van der Waals surface area contributed by atoms with Gasteiger partial charge in [0.15, 0.2) is 6.04 Å². The van der Waals surface area contributed by atoms with Gasteiger partial charge in [-0.1, -0.05) is 62.4 Å².